The van der Waals surface area contributed by atoms with Crippen LogP contribution in [0.15, 0.2) is 43.0 Å². The van der Waals surface area contributed by atoms with Gasteiger partial charge in [0, 0.05) is 0 Å². The van der Waals surface area contributed by atoms with Crippen LogP contribution in [0.1, 0.15) is 0 Å². The third-order valence-electron chi connectivity index (χ3n) is 1.33. The van der Waals surface area contributed by atoms with E-state index in [9.17, 15) is 0 Å². The summed E-state index contributed by atoms with van der Waals surface area (Å²) in [5.41, 5.74) is 0. The molecule has 0 aliphatic carbocycles. The number of rotatable bonds is 4. The van der Waals surface area contributed by atoms with Crippen LogP contribution >= 0.6 is 0 Å². The second kappa shape index (κ2) is 4.74. The zero-order chi connectivity index (χ0) is 7.94. The zero-order valence-electron chi connectivity index (χ0n) is 6.49. The molecule has 0 amide bonds. The highest BCUT2D eigenvalue weighted by Crippen LogP contribution is 2.07. The summed E-state index contributed by atoms with van der Waals surface area (Å²) in [5, 5.41) is 0. The SMILES string of the molecule is C=CC[SiH2]Oc1ccccc1. The molecular formula is C9H12OSi. The van der Waals surface area contributed by atoms with E-state index >= 15 is 0 Å². The van der Waals surface area contributed by atoms with Crippen LogP contribution in [-0.2, 0) is 0 Å². The molecule has 1 nitrogen and oxygen atoms in total. The Morgan fingerprint density at radius 2 is 2.09 bits per heavy atom. The molecule has 0 aliphatic rings. The molecule has 1 rings (SSSR count). The van der Waals surface area contributed by atoms with Crippen LogP contribution in [-0.4, -0.2) is 9.76 Å². The molecule has 0 bridgehead atoms. The van der Waals surface area contributed by atoms with E-state index in [4.69, 9.17) is 4.43 Å². The molecule has 2 heteroatoms. The first-order valence-electron chi connectivity index (χ1n) is 3.72. The summed E-state index contributed by atoms with van der Waals surface area (Å²) in [5.74, 6) is 0.987. The number of para-hydroxylation sites is 1. The highest BCUT2D eigenvalue weighted by atomic mass is 28.2. The molecule has 0 radical (unpaired) electrons. The fraction of sp³-hybridized carbons (Fsp3) is 0.111. The number of allylic oxidation sites excluding steroid dienone is 1. The lowest BCUT2D eigenvalue weighted by molar-refractivity contribution is 0.596. The van der Waals surface area contributed by atoms with Crippen molar-refractivity contribution in [2.24, 2.45) is 0 Å². The van der Waals surface area contributed by atoms with Crippen molar-refractivity contribution < 1.29 is 4.43 Å². The minimum absolute atomic E-state index is 0.405. The Bertz CT molecular complexity index is 208. The Morgan fingerprint density at radius 1 is 1.36 bits per heavy atom. The van der Waals surface area contributed by atoms with Gasteiger partial charge < -0.3 is 4.43 Å². The summed E-state index contributed by atoms with van der Waals surface area (Å²) in [6.45, 7) is 3.65. The zero-order valence-corrected chi connectivity index (χ0v) is 7.91. The third kappa shape index (κ3) is 3.05. The van der Waals surface area contributed by atoms with Crippen molar-refractivity contribution in [2.45, 2.75) is 6.04 Å². The lowest BCUT2D eigenvalue weighted by atomic mass is 10.3. The molecule has 58 valence electrons. The van der Waals surface area contributed by atoms with Gasteiger partial charge in [0.15, 0.2) is 0 Å². The van der Waals surface area contributed by atoms with Crippen LogP contribution in [0.4, 0.5) is 0 Å². The fourth-order valence-corrected chi connectivity index (χ4v) is 1.49. The smallest absolute Gasteiger partial charge is 0.223 e. The van der Waals surface area contributed by atoms with Gasteiger partial charge in [-0.25, -0.2) is 0 Å². The predicted molar refractivity (Wildman–Crippen MR) is 50.6 cm³/mol. The van der Waals surface area contributed by atoms with Crippen LogP contribution in [0.5, 0.6) is 5.75 Å². The minimum atomic E-state index is -0.405. The van der Waals surface area contributed by atoms with Crippen LogP contribution in [0.25, 0.3) is 0 Å². The minimum Gasteiger partial charge on any atom is -0.549 e. The quantitative estimate of drug-likeness (QED) is 0.374. The molecular weight excluding hydrogens is 152 g/mol. The van der Waals surface area contributed by atoms with Crippen molar-refractivity contribution in [3.05, 3.63) is 43.0 Å². The van der Waals surface area contributed by atoms with E-state index in [-0.39, 0.29) is 0 Å². The highest BCUT2D eigenvalue weighted by Gasteiger charge is 1.88. The lowest BCUT2D eigenvalue weighted by Crippen LogP contribution is -1.98. The molecule has 0 aliphatic heterocycles. The third-order valence-corrected chi connectivity index (χ3v) is 2.52. The van der Waals surface area contributed by atoms with Gasteiger partial charge in [-0.15, -0.1) is 6.58 Å². The van der Waals surface area contributed by atoms with Gasteiger partial charge in [0.2, 0.25) is 9.76 Å². The number of benzene rings is 1. The van der Waals surface area contributed by atoms with Crippen molar-refractivity contribution in [3.63, 3.8) is 0 Å². The second-order valence-corrected chi connectivity index (χ2v) is 3.51. The van der Waals surface area contributed by atoms with Crippen LogP contribution in [0, 0.1) is 0 Å². The van der Waals surface area contributed by atoms with E-state index < -0.39 is 9.76 Å². The molecule has 0 fully saturated rings. The Morgan fingerprint density at radius 3 is 2.73 bits per heavy atom. The van der Waals surface area contributed by atoms with Gasteiger partial charge in [0.05, 0.1) is 0 Å². The molecule has 0 aromatic heterocycles. The van der Waals surface area contributed by atoms with E-state index in [1.54, 1.807) is 0 Å². The summed E-state index contributed by atoms with van der Waals surface area (Å²) in [6.07, 6.45) is 1.91. The first kappa shape index (κ1) is 8.08. The van der Waals surface area contributed by atoms with Crippen LogP contribution in [0.3, 0.4) is 0 Å². The van der Waals surface area contributed by atoms with Crippen molar-refractivity contribution in [3.8, 4) is 5.75 Å². The highest BCUT2D eigenvalue weighted by molar-refractivity contribution is 6.29. The van der Waals surface area contributed by atoms with Gasteiger partial charge >= 0.3 is 0 Å². The molecule has 0 saturated heterocycles. The van der Waals surface area contributed by atoms with E-state index in [0.717, 1.165) is 11.8 Å². The van der Waals surface area contributed by atoms with Gasteiger partial charge in [-0.2, -0.15) is 0 Å². The first-order valence-corrected chi connectivity index (χ1v) is 5.30. The average molecular weight is 164 g/mol. The summed E-state index contributed by atoms with van der Waals surface area (Å²) < 4.78 is 5.51. The van der Waals surface area contributed by atoms with Crippen molar-refractivity contribution in [2.75, 3.05) is 0 Å². The standard InChI is InChI=1S/C9H12OSi/c1-2-8-11-10-9-6-4-3-5-7-9/h2-7H,1,8,11H2. The largest absolute Gasteiger partial charge is 0.549 e. The maximum Gasteiger partial charge on any atom is 0.223 e. The molecule has 0 unspecified atom stereocenters. The summed E-state index contributed by atoms with van der Waals surface area (Å²) in [7, 11) is -0.405. The molecule has 11 heavy (non-hydrogen) atoms. The van der Waals surface area contributed by atoms with Gasteiger partial charge in [-0.3, -0.25) is 0 Å². The maximum absolute atomic E-state index is 5.51. The van der Waals surface area contributed by atoms with Crippen molar-refractivity contribution in [1.29, 1.82) is 0 Å². The monoisotopic (exact) mass is 164 g/mol. The van der Waals surface area contributed by atoms with E-state index in [2.05, 4.69) is 6.58 Å². The fourth-order valence-electron chi connectivity index (χ4n) is 0.777. The Labute approximate surface area is 69.6 Å². The second-order valence-electron chi connectivity index (χ2n) is 2.24. The normalized spacial score (nSPS) is 10.2. The lowest BCUT2D eigenvalue weighted by Gasteiger charge is -2.02. The Balaban J connectivity index is 2.33. The summed E-state index contributed by atoms with van der Waals surface area (Å²) >= 11 is 0. The molecule has 0 heterocycles. The summed E-state index contributed by atoms with van der Waals surface area (Å²) in [4.78, 5) is 0. The van der Waals surface area contributed by atoms with Gasteiger partial charge in [-0.05, 0) is 18.2 Å². The van der Waals surface area contributed by atoms with Crippen LogP contribution in [0.2, 0.25) is 6.04 Å². The van der Waals surface area contributed by atoms with Gasteiger partial charge in [0.25, 0.3) is 0 Å². The Hall–Kier alpha value is -1.02. The van der Waals surface area contributed by atoms with Crippen molar-refractivity contribution in [1.82, 2.24) is 0 Å². The molecule has 1 aromatic rings. The van der Waals surface area contributed by atoms with E-state index in [0.29, 0.717) is 0 Å². The Kier molecular flexibility index (Phi) is 3.48. The molecule has 0 atom stereocenters. The van der Waals surface area contributed by atoms with Crippen LogP contribution < -0.4 is 4.43 Å². The van der Waals surface area contributed by atoms with Crippen molar-refractivity contribution >= 4 is 9.76 Å². The van der Waals surface area contributed by atoms with E-state index in [1.807, 2.05) is 36.4 Å². The van der Waals surface area contributed by atoms with Gasteiger partial charge in [0.1, 0.15) is 5.75 Å². The topological polar surface area (TPSA) is 9.23 Å². The molecule has 0 N–H and O–H groups in total. The first-order chi connectivity index (χ1) is 5.43. The average Bonchev–Trinajstić information content (AvgIpc) is 2.07. The van der Waals surface area contributed by atoms with E-state index in [1.165, 1.54) is 0 Å². The molecule has 0 spiro atoms. The summed E-state index contributed by atoms with van der Waals surface area (Å²) in [6, 6.07) is 11.0. The maximum atomic E-state index is 5.51. The molecule has 0 saturated carbocycles. The number of hydrogen-bond acceptors (Lipinski definition) is 1. The number of hydrogen-bond donors (Lipinski definition) is 0. The predicted octanol–water partition coefficient (Wildman–Crippen LogP) is 1.75. The molecule has 1 aromatic carbocycles. The van der Waals surface area contributed by atoms with Gasteiger partial charge in [-0.1, -0.05) is 24.3 Å².